The lowest BCUT2D eigenvalue weighted by Gasteiger charge is -2.43. The fourth-order valence-electron chi connectivity index (χ4n) is 5.69. The third-order valence-corrected chi connectivity index (χ3v) is 8.55. The number of carbonyl (C=O) groups excluding carboxylic acids is 1. The first kappa shape index (κ1) is 30.7. The van der Waals surface area contributed by atoms with Crippen molar-refractivity contribution in [3.05, 3.63) is 119 Å². The molecule has 1 aliphatic rings. The molecule has 0 aromatic heterocycles. The molecule has 226 valence electrons. The number of nitrogens with one attached hydrogen (secondary N) is 2. The van der Waals surface area contributed by atoms with E-state index in [1.54, 1.807) is 0 Å². The molecule has 2 amide bonds. The maximum Gasteiger partial charge on any atom is 0.315 e. The Bertz CT molecular complexity index is 1490. The first-order valence-electron chi connectivity index (χ1n) is 15.2. The number of rotatable bonds is 10. The molecule has 1 aliphatic heterocycles. The number of benzene rings is 4. The van der Waals surface area contributed by atoms with Gasteiger partial charge in [-0.2, -0.15) is 0 Å². The second-order valence-electron chi connectivity index (χ2n) is 11.5. The number of carbonyl (C=O) groups is 1. The third kappa shape index (κ3) is 7.43. The van der Waals surface area contributed by atoms with E-state index in [0.29, 0.717) is 13.1 Å². The average Bonchev–Trinajstić information content (AvgIpc) is 3.04. The molecular weight excluding hydrogens is 538 g/mol. The van der Waals surface area contributed by atoms with Gasteiger partial charge in [0.15, 0.2) is 6.29 Å². The number of nitrogens with zero attached hydrogens (tertiary/aromatic N) is 1. The molecule has 5 unspecified atom stereocenters. The summed E-state index contributed by atoms with van der Waals surface area (Å²) in [6, 6.07) is 31.2. The Morgan fingerprint density at radius 3 is 2.26 bits per heavy atom. The van der Waals surface area contributed by atoms with E-state index in [-0.39, 0.29) is 36.8 Å². The number of amides is 2. The Kier molecular flexibility index (Phi) is 10.1. The first-order chi connectivity index (χ1) is 20.9. The van der Waals surface area contributed by atoms with E-state index in [9.17, 15) is 9.90 Å². The Labute approximate surface area is 254 Å². The lowest BCUT2D eigenvalue weighted by atomic mass is 9.89. The van der Waals surface area contributed by atoms with Gasteiger partial charge in [0, 0.05) is 37.2 Å². The quantitative estimate of drug-likeness (QED) is 0.196. The van der Waals surface area contributed by atoms with Crippen LogP contribution in [-0.2, 0) is 22.6 Å². The zero-order valence-electron chi connectivity index (χ0n) is 25.5. The molecule has 5 atom stereocenters. The molecule has 43 heavy (non-hydrogen) atoms. The van der Waals surface area contributed by atoms with E-state index in [1.165, 1.54) is 16.3 Å². The Morgan fingerprint density at radius 1 is 0.884 bits per heavy atom. The molecule has 3 N–H and O–H groups in total. The SMILES string of the molecule is CCNC(=O)NCc1ccc(C2OC(CN(C)C(C)c3ccc4ccccc4c3)C(C)C(c3ccc(CO)cc3)O2)cc1. The lowest BCUT2D eigenvalue weighted by molar-refractivity contribution is -0.276. The smallest absolute Gasteiger partial charge is 0.315 e. The molecule has 0 spiro atoms. The van der Waals surface area contributed by atoms with Crippen molar-refractivity contribution in [3.8, 4) is 0 Å². The molecule has 0 saturated carbocycles. The number of hydrogen-bond acceptors (Lipinski definition) is 5. The molecule has 0 radical (unpaired) electrons. The maximum atomic E-state index is 11.8. The molecule has 1 heterocycles. The summed E-state index contributed by atoms with van der Waals surface area (Å²) in [6.45, 7) is 8.09. The summed E-state index contributed by atoms with van der Waals surface area (Å²) in [5.74, 6) is 0.0861. The fourth-order valence-corrected chi connectivity index (χ4v) is 5.69. The third-order valence-electron chi connectivity index (χ3n) is 8.55. The summed E-state index contributed by atoms with van der Waals surface area (Å²) in [6.07, 6.45) is -0.813. The Hall–Kier alpha value is -3.75. The van der Waals surface area contributed by atoms with Gasteiger partial charge < -0.3 is 25.2 Å². The topological polar surface area (TPSA) is 83.1 Å². The minimum absolute atomic E-state index is 0.00842. The molecule has 1 saturated heterocycles. The van der Waals surface area contributed by atoms with E-state index < -0.39 is 6.29 Å². The van der Waals surface area contributed by atoms with Crippen LogP contribution in [0.4, 0.5) is 4.79 Å². The molecule has 5 rings (SSSR count). The number of ether oxygens (including phenoxy) is 2. The molecule has 4 aromatic carbocycles. The summed E-state index contributed by atoms with van der Waals surface area (Å²) in [7, 11) is 2.15. The van der Waals surface area contributed by atoms with Crippen LogP contribution >= 0.6 is 0 Å². The van der Waals surface area contributed by atoms with Crippen molar-refractivity contribution >= 4 is 16.8 Å². The van der Waals surface area contributed by atoms with E-state index >= 15 is 0 Å². The predicted octanol–water partition coefficient (Wildman–Crippen LogP) is 6.64. The summed E-state index contributed by atoms with van der Waals surface area (Å²) in [4.78, 5) is 14.2. The molecule has 1 fully saturated rings. The fraction of sp³-hybridized carbons (Fsp3) is 0.361. The molecule has 7 heteroatoms. The second-order valence-corrected chi connectivity index (χ2v) is 11.5. The van der Waals surface area contributed by atoms with Crippen molar-refractivity contribution in [2.75, 3.05) is 20.1 Å². The Morgan fingerprint density at radius 2 is 1.56 bits per heavy atom. The summed E-state index contributed by atoms with van der Waals surface area (Å²) in [5, 5.41) is 17.7. The molecule has 4 aromatic rings. The van der Waals surface area contributed by atoms with Crippen LogP contribution in [0.15, 0.2) is 91.0 Å². The summed E-state index contributed by atoms with van der Waals surface area (Å²) in [5.41, 5.74) is 5.13. The highest BCUT2D eigenvalue weighted by atomic mass is 16.7. The Balaban J connectivity index is 1.35. The van der Waals surface area contributed by atoms with E-state index in [4.69, 9.17) is 9.47 Å². The number of hydrogen-bond donors (Lipinski definition) is 3. The highest BCUT2D eigenvalue weighted by Crippen LogP contribution is 2.42. The molecular formula is C36H43N3O4. The number of likely N-dealkylation sites (N-methyl/N-ethyl adjacent to an activating group) is 1. The average molecular weight is 582 g/mol. The number of aliphatic hydroxyl groups excluding tert-OH is 1. The van der Waals surface area contributed by atoms with Crippen molar-refractivity contribution in [2.45, 2.75) is 58.5 Å². The standard InChI is InChI=1S/C36H43N3O4/c1-5-37-36(41)38-21-26-10-16-30(17-11-26)35-42-33(24(2)34(43-35)29-14-12-27(23-40)13-15-29)22-39(4)25(3)31-19-18-28-8-6-7-9-32(28)20-31/h6-20,24-25,33-35,40H,5,21-23H2,1-4H3,(H2,37,38,41). The van der Waals surface area contributed by atoms with E-state index in [2.05, 4.69) is 78.9 Å². The van der Waals surface area contributed by atoms with Gasteiger partial charge >= 0.3 is 6.03 Å². The van der Waals surface area contributed by atoms with Gasteiger partial charge in [0.05, 0.1) is 18.8 Å². The van der Waals surface area contributed by atoms with Crippen molar-refractivity contribution < 1.29 is 19.4 Å². The van der Waals surface area contributed by atoms with Crippen molar-refractivity contribution in [2.24, 2.45) is 5.92 Å². The van der Waals surface area contributed by atoms with Crippen LogP contribution in [0.3, 0.4) is 0 Å². The van der Waals surface area contributed by atoms with Crippen LogP contribution in [0, 0.1) is 5.92 Å². The van der Waals surface area contributed by atoms with Crippen LogP contribution < -0.4 is 10.6 Å². The van der Waals surface area contributed by atoms with Crippen LogP contribution in [0.25, 0.3) is 10.8 Å². The van der Waals surface area contributed by atoms with Crippen molar-refractivity contribution in [3.63, 3.8) is 0 Å². The largest absolute Gasteiger partial charge is 0.392 e. The minimum atomic E-state index is -0.543. The van der Waals surface area contributed by atoms with Gasteiger partial charge in [-0.1, -0.05) is 91.9 Å². The van der Waals surface area contributed by atoms with Crippen LogP contribution in [0.2, 0.25) is 0 Å². The highest BCUT2D eigenvalue weighted by Gasteiger charge is 2.39. The minimum Gasteiger partial charge on any atom is -0.392 e. The lowest BCUT2D eigenvalue weighted by Crippen LogP contribution is -2.44. The number of urea groups is 1. The summed E-state index contributed by atoms with van der Waals surface area (Å²) >= 11 is 0. The first-order valence-corrected chi connectivity index (χ1v) is 15.2. The maximum absolute atomic E-state index is 11.8. The van der Waals surface area contributed by atoms with Crippen molar-refractivity contribution in [1.82, 2.24) is 15.5 Å². The van der Waals surface area contributed by atoms with Gasteiger partial charge in [0.1, 0.15) is 0 Å². The van der Waals surface area contributed by atoms with Gasteiger partial charge in [0.2, 0.25) is 0 Å². The van der Waals surface area contributed by atoms with Gasteiger partial charge in [-0.25, -0.2) is 4.79 Å². The molecule has 0 bridgehead atoms. The number of aliphatic hydroxyl groups is 1. The monoisotopic (exact) mass is 581 g/mol. The van der Waals surface area contributed by atoms with Gasteiger partial charge in [-0.3, -0.25) is 4.90 Å². The second kappa shape index (κ2) is 14.1. The highest BCUT2D eigenvalue weighted by molar-refractivity contribution is 5.83. The zero-order chi connectivity index (χ0) is 30.3. The van der Waals surface area contributed by atoms with E-state index in [0.717, 1.165) is 28.8 Å². The van der Waals surface area contributed by atoms with Gasteiger partial charge in [-0.15, -0.1) is 0 Å². The van der Waals surface area contributed by atoms with Gasteiger partial charge in [0.25, 0.3) is 0 Å². The molecule has 0 aliphatic carbocycles. The van der Waals surface area contributed by atoms with Crippen molar-refractivity contribution in [1.29, 1.82) is 0 Å². The van der Waals surface area contributed by atoms with Gasteiger partial charge in [-0.05, 0) is 60.0 Å². The summed E-state index contributed by atoms with van der Waals surface area (Å²) < 4.78 is 13.3. The normalized spacial score (nSPS) is 21.1. The van der Waals surface area contributed by atoms with E-state index in [1.807, 2.05) is 55.5 Å². The van der Waals surface area contributed by atoms with Crippen LogP contribution in [-0.4, -0.2) is 42.3 Å². The molecule has 7 nitrogen and oxygen atoms in total. The van der Waals surface area contributed by atoms with Crippen LogP contribution in [0.5, 0.6) is 0 Å². The predicted molar refractivity (Wildman–Crippen MR) is 170 cm³/mol. The zero-order valence-corrected chi connectivity index (χ0v) is 25.5. The van der Waals surface area contributed by atoms with Crippen LogP contribution in [0.1, 0.15) is 67.0 Å². The number of fused-ring (bicyclic) bond motifs is 1.